The number of amides is 1. The third-order valence-corrected chi connectivity index (χ3v) is 4.18. The molecule has 0 fully saturated rings. The van der Waals surface area contributed by atoms with Crippen molar-refractivity contribution in [1.29, 1.82) is 0 Å². The van der Waals surface area contributed by atoms with Crippen molar-refractivity contribution in [3.8, 4) is 23.0 Å². The fraction of sp³-hybridized carbons (Fsp3) is 0.350. The summed E-state index contributed by atoms with van der Waals surface area (Å²) in [5.41, 5.74) is 1.02. The zero-order valence-electron chi connectivity index (χ0n) is 15.0. The number of aryl methyl sites for hydroxylation is 1. The quantitative estimate of drug-likeness (QED) is 0.825. The van der Waals surface area contributed by atoms with Crippen molar-refractivity contribution in [3.63, 3.8) is 0 Å². The monoisotopic (exact) mass is 357 g/mol. The zero-order chi connectivity index (χ0) is 18.4. The Labute approximate surface area is 153 Å². The molecule has 6 heteroatoms. The Kier molecular flexibility index (Phi) is 5.84. The highest BCUT2D eigenvalue weighted by Gasteiger charge is 2.20. The molecular formula is C20H23NO5. The van der Waals surface area contributed by atoms with Gasteiger partial charge in [-0.15, -0.1) is 0 Å². The topological polar surface area (TPSA) is 66.0 Å². The summed E-state index contributed by atoms with van der Waals surface area (Å²) in [6.45, 7) is 0.839. The van der Waals surface area contributed by atoms with E-state index < -0.39 is 0 Å². The highest BCUT2D eigenvalue weighted by atomic mass is 16.6. The van der Waals surface area contributed by atoms with Gasteiger partial charge < -0.3 is 24.3 Å². The van der Waals surface area contributed by atoms with Gasteiger partial charge in [0.2, 0.25) is 5.91 Å². The van der Waals surface area contributed by atoms with Crippen LogP contribution >= 0.6 is 0 Å². The normalized spacial score (nSPS) is 15.2. The van der Waals surface area contributed by atoms with Gasteiger partial charge in [-0.25, -0.2) is 0 Å². The van der Waals surface area contributed by atoms with Gasteiger partial charge >= 0.3 is 0 Å². The van der Waals surface area contributed by atoms with Crippen LogP contribution in [0.1, 0.15) is 12.0 Å². The zero-order valence-corrected chi connectivity index (χ0v) is 15.0. The van der Waals surface area contributed by atoms with Gasteiger partial charge in [-0.2, -0.15) is 0 Å². The van der Waals surface area contributed by atoms with Crippen LogP contribution in [0.2, 0.25) is 0 Å². The lowest BCUT2D eigenvalue weighted by Gasteiger charge is -2.26. The molecule has 0 saturated heterocycles. The fourth-order valence-corrected chi connectivity index (χ4v) is 2.77. The second-order valence-corrected chi connectivity index (χ2v) is 5.99. The summed E-state index contributed by atoms with van der Waals surface area (Å²) in [6.07, 6.45) is 0.825. The van der Waals surface area contributed by atoms with Crippen molar-refractivity contribution in [1.82, 2.24) is 5.32 Å². The minimum atomic E-state index is -0.185. The summed E-state index contributed by atoms with van der Waals surface area (Å²) in [6, 6.07) is 13.2. The van der Waals surface area contributed by atoms with E-state index in [9.17, 15) is 4.79 Å². The smallest absolute Gasteiger partial charge is 0.220 e. The minimum Gasteiger partial charge on any atom is -0.493 e. The van der Waals surface area contributed by atoms with Gasteiger partial charge in [0, 0.05) is 6.42 Å². The molecule has 138 valence electrons. The van der Waals surface area contributed by atoms with Gasteiger partial charge in [0.1, 0.15) is 12.7 Å². The summed E-state index contributed by atoms with van der Waals surface area (Å²) in [7, 11) is 3.19. The van der Waals surface area contributed by atoms with E-state index in [4.69, 9.17) is 18.9 Å². The first-order chi connectivity index (χ1) is 12.7. The molecule has 0 saturated carbocycles. The molecule has 1 aliphatic rings. The molecule has 0 aliphatic carbocycles. The lowest BCUT2D eigenvalue weighted by molar-refractivity contribution is -0.121. The van der Waals surface area contributed by atoms with Gasteiger partial charge in [-0.05, 0) is 36.2 Å². The average Bonchev–Trinajstić information content (AvgIpc) is 2.70. The summed E-state index contributed by atoms with van der Waals surface area (Å²) in [5, 5.41) is 2.90. The molecule has 1 N–H and O–H groups in total. The van der Waals surface area contributed by atoms with Crippen molar-refractivity contribution >= 4 is 5.91 Å². The number of hydrogen-bond donors (Lipinski definition) is 1. The maximum absolute atomic E-state index is 12.1. The molecule has 0 aromatic heterocycles. The number of carbonyl (C=O) groups is 1. The number of hydrogen-bond acceptors (Lipinski definition) is 5. The predicted molar refractivity (Wildman–Crippen MR) is 97.2 cm³/mol. The molecule has 2 aromatic rings. The Morgan fingerprint density at radius 1 is 1.12 bits per heavy atom. The summed E-state index contributed by atoms with van der Waals surface area (Å²) in [4.78, 5) is 12.1. The van der Waals surface area contributed by atoms with E-state index in [1.165, 1.54) is 0 Å². The molecule has 2 aromatic carbocycles. The summed E-state index contributed by atoms with van der Waals surface area (Å²) >= 11 is 0. The van der Waals surface area contributed by atoms with E-state index in [2.05, 4.69) is 5.32 Å². The first-order valence-electron chi connectivity index (χ1n) is 8.55. The van der Waals surface area contributed by atoms with Gasteiger partial charge in [-0.1, -0.05) is 18.2 Å². The largest absolute Gasteiger partial charge is 0.493 e. The van der Waals surface area contributed by atoms with E-state index in [0.717, 1.165) is 11.3 Å². The van der Waals surface area contributed by atoms with E-state index >= 15 is 0 Å². The second kappa shape index (κ2) is 8.47. The maximum atomic E-state index is 12.1. The molecule has 0 bridgehead atoms. The Balaban J connectivity index is 1.45. The molecule has 1 amide bonds. The number of rotatable bonds is 7. The molecule has 3 rings (SSSR count). The molecule has 0 radical (unpaired) electrons. The number of carbonyl (C=O) groups excluding carboxylic acids is 1. The highest BCUT2D eigenvalue weighted by molar-refractivity contribution is 5.76. The summed E-state index contributed by atoms with van der Waals surface area (Å²) < 4.78 is 22.0. The third kappa shape index (κ3) is 4.39. The van der Waals surface area contributed by atoms with Crippen LogP contribution in [0.3, 0.4) is 0 Å². The Morgan fingerprint density at radius 2 is 1.88 bits per heavy atom. The van der Waals surface area contributed by atoms with Crippen LogP contribution in [-0.2, 0) is 11.2 Å². The Morgan fingerprint density at radius 3 is 2.65 bits per heavy atom. The molecule has 1 heterocycles. The van der Waals surface area contributed by atoms with Crippen molar-refractivity contribution in [3.05, 3.63) is 48.0 Å². The van der Waals surface area contributed by atoms with Crippen molar-refractivity contribution in [2.75, 3.05) is 27.4 Å². The van der Waals surface area contributed by atoms with E-state index in [0.29, 0.717) is 43.2 Å². The van der Waals surface area contributed by atoms with E-state index in [-0.39, 0.29) is 12.0 Å². The van der Waals surface area contributed by atoms with Gasteiger partial charge in [0.05, 0.1) is 20.8 Å². The molecule has 1 atom stereocenters. The van der Waals surface area contributed by atoms with Crippen LogP contribution in [0.4, 0.5) is 0 Å². The van der Waals surface area contributed by atoms with Crippen LogP contribution < -0.4 is 24.3 Å². The van der Waals surface area contributed by atoms with E-state index in [1.807, 2.05) is 42.5 Å². The number of benzene rings is 2. The SMILES string of the molecule is COc1ccc(CCC(=O)NC[C@@H]2COc3ccccc3O2)cc1OC. The van der Waals surface area contributed by atoms with Crippen LogP contribution in [0, 0.1) is 0 Å². The predicted octanol–water partition coefficient (Wildman–Crippen LogP) is 2.59. The van der Waals surface area contributed by atoms with Crippen LogP contribution in [0.25, 0.3) is 0 Å². The first kappa shape index (κ1) is 17.9. The molecule has 0 spiro atoms. The van der Waals surface area contributed by atoms with Crippen LogP contribution in [0.5, 0.6) is 23.0 Å². The second-order valence-electron chi connectivity index (χ2n) is 5.99. The van der Waals surface area contributed by atoms with Gasteiger partial charge in [0.25, 0.3) is 0 Å². The number of ether oxygens (including phenoxy) is 4. The number of fused-ring (bicyclic) bond motifs is 1. The lowest BCUT2D eigenvalue weighted by Crippen LogP contribution is -2.40. The van der Waals surface area contributed by atoms with Crippen molar-refractivity contribution in [2.45, 2.75) is 18.9 Å². The van der Waals surface area contributed by atoms with Crippen LogP contribution in [-0.4, -0.2) is 39.4 Å². The average molecular weight is 357 g/mol. The van der Waals surface area contributed by atoms with E-state index in [1.54, 1.807) is 14.2 Å². The van der Waals surface area contributed by atoms with Crippen molar-refractivity contribution < 1.29 is 23.7 Å². The molecule has 1 aliphatic heterocycles. The Hall–Kier alpha value is -2.89. The van der Waals surface area contributed by atoms with Crippen LogP contribution in [0.15, 0.2) is 42.5 Å². The molecular weight excluding hydrogens is 334 g/mol. The van der Waals surface area contributed by atoms with Gasteiger partial charge in [-0.3, -0.25) is 4.79 Å². The molecule has 6 nitrogen and oxygen atoms in total. The minimum absolute atomic E-state index is 0.0257. The van der Waals surface area contributed by atoms with Crippen molar-refractivity contribution in [2.24, 2.45) is 0 Å². The maximum Gasteiger partial charge on any atom is 0.220 e. The van der Waals surface area contributed by atoms with Gasteiger partial charge in [0.15, 0.2) is 23.0 Å². The number of nitrogens with one attached hydrogen (secondary N) is 1. The highest BCUT2D eigenvalue weighted by Crippen LogP contribution is 2.30. The first-order valence-corrected chi connectivity index (χ1v) is 8.55. The molecule has 26 heavy (non-hydrogen) atoms. The fourth-order valence-electron chi connectivity index (χ4n) is 2.77. The lowest BCUT2D eigenvalue weighted by atomic mass is 10.1. The number of para-hydroxylation sites is 2. The Bertz CT molecular complexity index is 762. The third-order valence-electron chi connectivity index (χ3n) is 4.18. The number of methoxy groups -OCH3 is 2. The standard InChI is InChI=1S/C20H23NO5/c1-23-16-9-7-14(11-19(16)24-2)8-10-20(22)21-12-15-13-25-17-5-3-4-6-18(17)26-15/h3-7,9,11,15H,8,10,12-13H2,1-2H3,(H,21,22)/t15-/m1/s1. The summed E-state index contributed by atoms with van der Waals surface area (Å²) in [5.74, 6) is 2.77. The molecule has 0 unspecified atom stereocenters.